The topological polar surface area (TPSA) is 128 Å². The van der Waals surface area contributed by atoms with Crippen molar-refractivity contribution in [2.24, 2.45) is 0 Å². The number of benzene rings is 3. The lowest BCUT2D eigenvalue weighted by Gasteiger charge is -2.26. The van der Waals surface area contributed by atoms with E-state index in [4.69, 9.17) is 0 Å². The number of carbonyl (C=O) groups excluding carboxylic acids is 2. The van der Waals surface area contributed by atoms with E-state index in [2.05, 4.69) is 20.9 Å². The van der Waals surface area contributed by atoms with Crippen LogP contribution >= 0.6 is 27.3 Å². The highest BCUT2D eigenvalue weighted by molar-refractivity contribution is 9.10. The van der Waals surface area contributed by atoms with E-state index in [-0.39, 0.29) is 22.6 Å². The van der Waals surface area contributed by atoms with Crippen molar-refractivity contribution in [1.82, 2.24) is 4.98 Å². The first kappa shape index (κ1) is 24.4. The SMILES string of the molecule is O=C1C(=O)N(c2ccc(C(=O)O)c(O)c2)C(c2ccc(-c3nccs3)cc2)/C1=C(\O)c1ccc(Br)cc1. The van der Waals surface area contributed by atoms with Gasteiger partial charge in [0.1, 0.15) is 22.1 Å². The first-order valence-corrected chi connectivity index (χ1v) is 12.6. The van der Waals surface area contributed by atoms with E-state index in [1.54, 1.807) is 54.7 Å². The normalized spacial score (nSPS) is 16.8. The van der Waals surface area contributed by atoms with E-state index in [1.165, 1.54) is 17.4 Å². The number of aromatic nitrogens is 1. The molecular formula is C27H17BrN2O6S. The molecule has 1 aromatic heterocycles. The molecule has 1 aliphatic heterocycles. The van der Waals surface area contributed by atoms with Crippen molar-refractivity contribution in [2.45, 2.75) is 6.04 Å². The van der Waals surface area contributed by atoms with E-state index in [0.717, 1.165) is 32.1 Å². The summed E-state index contributed by atoms with van der Waals surface area (Å²) >= 11 is 4.80. The number of Topliss-reactive ketones (excluding diaryl/α,β-unsaturated/α-hetero) is 1. The van der Waals surface area contributed by atoms with Crippen LogP contribution in [-0.2, 0) is 9.59 Å². The molecule has 3 N–H and O–H groups in total. The number of hydrogen-bond donors (Lipinski definition) is 3. The Labute approximate surface area is 222 Å². The summed E-state index contributed by atoms with van der Waals surface area (Å²) < 4.78 is 0.771. The van der Waals surface area contributed by atoms with Crippen molar-refractivity contribution in [1.29, 1.82) is 0 Å². The number of hydrogen-bond acceptors (Lipinski definition) is 7. The molecule has 1 aliphatic rings. The van der Waals surface area contributed by atoms with Crippen molar-refractivity contribution in [3.05, 3.63) is 105 Å². The summed E-state index contributed by atoms with van der Waals surface area (Å²) in [5, 5.41) is 33.4. The lowest BCUT2D eigenvalue weighted by atomic mass is 9.94. The van der Waals surface area contributed by atoms with Gasteiger partial charge in [0, 0.05) is 38.9 Å². The van der Waals surface area contributed by atoms with E-state index in [9.17, 15) is 29.7 Å². The van der Waals surface area contributed by atoms with Crippen LogP contribution in [0, 0.1) is 0 Å². The molecule has 8 nitrogen and oxygen atoms in total. The first-order chi connectivity index (χ1) is 17.8. The van der Waals surface area contributed by atoms with Crippen LogP contribution in [0.2, 0.25) is 0 Å². The molecule has 0 saturated carbocycles. The smallest absolute Gasteiger partial charge is 0.339 e. The molecule has 10 heteroatoms. The molecule has 184 valence electrons. The summed E-state index contributed by atoms with van der Waals surface area (Å²) in [4.78, 5) is 43.4. The third-order valence-corrected chi connectivity index (χ3v) is 7.31. The minimum atomic E-state index is -1.34. The Bertz CT molecular complexity index is 1560. The van der Waals surface area contributed by atoms with Gasteiger partial charge in [-0.05, 0) is 29.8 Å². The summed E-state index contributed by atoms with van der Waals surface area (Å²) in [7, 11) is 0. The van der Waals surface area contributed by atoms with Gasteiger partial charge in [0.2, 0.25) is 0 Å². The van der Waals surface area contributed by atoms with Crippen LogP contribution in [-0.4, -0.2) is 38.0 Å². The number of carbonyl (C=O) groups is 3. The number of amides is 1. The number of aromatic hydroxyl groups is 1. The van der Waals surface area contributed by atoms with Gasteiger partial charge in [-0.2, -0.15) is 0 Å². The molecule has 1 amide bonds. The number of ketones is 1. The number of carboxylic acid groups (broad SMARTS) is 1. The number of anilines is 1. The van der Waals surface area contributed by atoms with Crippen LogP contribution in [0.5, 0.6) is 5.75 Å². The number of rotatable bonds is 5. The lowest BCUT2D eigenvalue weighted by Crippen LogP contribution is -2.29. The summed E-state index contributed by atoms with van der Waals surface area (Å²) in [5.41, 5.74) is 1.34. The van der Waals surface area contributed by atoms with E-state index in [0.29, 0.717) is 11.1 Å². The zero-order valence-corrected chi connectivity index (χ0v) is 21.2. The average Bonchev–Trinajstić information content (AvgIpc) is 3.51. The highest BCUT2D eigenvalue weighted by atomic mass is 79.9. The Morgan fingerprint density at radius 1 is 0.973 bits per heavy atom. The van der Waals surface area contributed by atoms with E-state index >= 15 is 0 Å². The van der Waals surface area contributed by atoms with Crippen molar-refractivity contribution >= 4 is 56.4 Å². The van der Waals surface area contributed by atoms with Gasteiger partial charge >= 0.3 is 5.97 Å². The van der Waals surface area contributed by atoms with Crippen LogP contribution in [0.15, 0.2) is 88.4 Å². The Morgan fingerprint density at radius 2 is 1.68 bits per heavy atom. The Kier molecular flexibility index (Phi) is 6.36. The predicted octanol–water partition coefficient (Wildman–Crippen LogP) is 5.60. The fraction of sp³-hybridized carbons (Fsp3) is 0.0370. The zero-order chi connectivity index (χ0) is 26.3. The van der Waals surface area contributed by atoms with Crippen molar-refractivity contribution in [3.8, 4) is 16.3 Å². The molecule has 5 rings (SSSR count). The quantitative estimate of drug-likeness (QED) is 0.160. The van der Waals surface area contributed by atoms with Crippen molar-refractivity contribution in [2.75, 3.05) is 4.90 Å². The largest absolute Gasteiger partial charge is 0.507 e. The number of aliphatic hydroxyl groups excluding tert-OH is 1. The number of aliphatic hydroxyl groups is 1. The molecule has 0 spiro atoms. The van der Waals surface area contributed by atoms with Gasteiger partial charge in [-0.15, -0.1) is 11.3 Å². The number of aromatic carboxylic acids is 1. The first-order valence-electron chi connectivity index (χ1n) is 10.9. The monoisotopic (exact) mass is 576 g/mol. The maximum Gasteiger partial charge on any atom is 0.339 e. The lowest BCUT2D eigenvalue weighted by molar-refractivity contribution is -0.132. The molecule has 0 aliphatic carbocycles. The number of thiazole rings is 1. The van der Waals surface area contributed by atoms with Crippen LogP contribution in [0.4, 0.5) is 5.69 Å². The molecule has 1 saturated heterocycles. The molecule has 4 aromatic rings. The number of phenols is 1. The van der Waals surface area contributed by atoms with Crippen LogP contribution < -0.4 is 4.90 Å². The minimum absolute atomic E-state index is 0.105. The molecule has 2 heterocycles. The maximum absolute atomic E-state index is 13.3. The molecule has 1 unspecified atom stereocenters. The molecule has 37 heavy (non-hydrogen) atoms. The molecule has 3 aromatic carbocycles. The molecular weight excluding hydrogens is 560 g/mol. The van der Waals surface area contributed by atoms with E-state index in [1.807, 2.05) is 5.38 Å². The summed E-state index contributed by atoms with van der Waals surface area (Å²) in [5.74, 6) is -4.08. The standard InChI is InChI=1S/C27H17BrN2O6S/c28-17-7-5-15(6-8-17)23(32)21-22(14-1-3-16(4-2-14)25-29-11-12-37-25)30(26(34)24(21)33)18-9-10-19(27(35)36)20(31)13-18/h1-13,22,31-32H,(H,35,36)/b23-21+. The second kappa shape index (κ2) is 9.64. The van der Waals surface area contributed by atoms with Gasteiger partial charge in [0.05, 0.1) is 11.6 Å². The third-order valence-electron chi connectivity index (χ3n) is 5.96. The minimum Gasteiger partial charge on any atom is -0.507 e. The average molecular weight is 577 g/mol. The Hall–Kier alpha value is -4.28. The fourth-order valence-corrected chi connectivity index (χ4v) is 5.11. The van der Waals surface area contributed by atoms with Gasteiger partial charge in [-0.3, -0.25) is 14.5 Å². The van der Waals surface area contributed by atoms with Gasteiger partial charge in [0.15, 0.2) is 0 Å². The van der Waals surface area contributed by atoms with Crippen LogP contribution in [0.3, 0.4) is 0 Å². The maximum atomic E-state index is 13.3. The molecule has 0 radical (unpaired) electrons. The van der Waals surface area contributed by atoms with Gasteiger partial charge in [0.25, 0.3) is 11.7 Å². The van der Waals surface area contributed by atoms with Crippen molar-refractivity contribution < 1.29 is 29.7 Å². The molecule has 1 fully saturated rings. The second-order valence-corrected chi connectivity index (χ2v) is 9.95. The fourth-order valence-electron chi connectivity index (χ4n) is 4.20. The number of carboxylic acids is 1. The summed E-state index contributed by atoms with van der Waals surface area (Å²) in [6.07, 6.45) is 1.69. The summed E-state index contributed by atoms with van der Waals surface area (Å²) in [6.45, 7) is 0. The second-order valence-electron chi connectivity index (χ2n) is 8.14. The summed E-state index contributed by atoms with van der Waals surface area (Å²) in [6, 6.07) is 16.3. The predicted molar refractivity (Wildman–Crippen MR) is 142 cm³/mol. The molecule has 0 bridgehead atoms. The van der Waals surface area contributed by atoms with Crippen LogP contribution in [0.1, 0.15) is 27.5 Å². The zero-order valence-electron chi connectivity index (χ0n) is 18.8. The number of nitrogens with zero attached hydrogens (tertiary/aromatic N) is 2. The van der Waals surface area contributed by atoms with Crippen molar-refractivity contribution in [3.63, 3.8) is 0 Å². The van der Waals surface area contributed by atoms with E-state index < -0.39 is 29.5 Å². The van der Waals surface area contributed by atoms with Gasteiger partial charge < -0.3 is 15.3 Å². The van der Waals surface area contributed by atoms with Gasteiger partial charge in [-0.1, -0.05) is 52.3 Å². The molecule has 1 atom stereocenters. The highest BCUT2D eigenvalue weighted by Gasteiger charge is 2.47. The van der Waals surface area contributed by atoms with Crippen LogP contribution in [0.25, 0.3) is 16.3 Å². The Balaban J connectivity index is 1.68. The third kappa shape index (κ3) is 4.41. The highest BCUT2D eigenvalue weighted by Crippen LogP contribution is 2.43. The Morgan fingerprint density at radius 3 is 2.27 bits per heavy atom. The van der Waals surface area contributed by atoms with Gasteiger partial charge in [-0.25, -0.2) is 9.78 Å². The number of halogens is 1.